The van der Waals surface area contributed by atoms with E-state index in [2.05, 4.69) is 9.71 Å². The van der Waals surface area contributed by atoms with E-state index in [4.69, 9.17) is 9.47 Å². The van der Waals surface area contributed by atoms with Gasteiger partial charge in [-0.1, -0.05) is 6.07 Å². The topological polar surface area (TPSA) is 82.5 Å². The van der Waals surface area contributed by atoms with Crippen molar-refractivity contribution in [2.45, 2.75) is 17.6 Å². The number of benzene rings is 2. The number of nitrogens with one attached hydrogen (secondary N) is 1. The van der Waals surface area contributed by atoms with E-state index in [0.717, 1.165) is 23.8 Å². The average Bonchev–Trinajstić information content (AvgIpc) is 3.25. The molecule has 3 aromatic rings. The lowest BCUT2D eigenvalue weighted by Crippen LogP contribution is -2.17. The van der Waals surface area contributed by atoms with Crippen LogP contribution in [-0.4, -0.2) is 32.2 Å². The Hall–Kier alpha value is -3.21. The van der Waals surface area contributed by atoms with Crippen LogP contribution in [0.5, 0.6) is 11.5 Å². The SMILES string of the molecule is COc1cc2c(cc1OC)-n1c(S(=O)(=O)Nc3cccc(C(F)(F)F)c3)cnc1C2. The van der Waals surface area contributed by atoms with Crippen LogP contribution >= 0.6 is 0 Å². The highest BCUT2D eigenvalue weighted by Gasteiger charge is 2.32. The van der Waals surface area contributed by atoms with Crippen molar-refractivity contribution >= 4 is 15.7 Å². The first-order valence-electron chi connectivity index (χ1n) is 8.66. The molecule has 30 heavy (non-hydrogen) atoms. The van der Waals surface area contributed by atoms with E-state index >= 15 is 0 Å². The van der Waals surface area contributed by atoms with E-state index < -0.39 is 21.8 Å². The number of rotatable bonds is 5. The van der Waals surface area contributed by atoms with E-state index in [1.165, 1.54) is 31.0 Å². The maximum absolute atomic E-state index is 13.0. The van der Waals surface area contributed by atoms with Crippen LogP contribution in [0, 0.1) is 0 Å². The monoisotopic (exact) mass is 439 g/mol. The zero-order valence-corrected chi connectivity index (χ0v) is 16.6. The molecule has 0 saturated carbocycles. The predicted molar refractivity (Wildman–Crippen MR) is 102 cm³/mol. The summed E-state index contributed by atoms with van der Waals surface area (Å²) < 4.78 is 78.9. The minimum Gasteiger partial charge on any atom is -0.493 e. The van der Waals surface area contributed by atoms with Crippen molar-refractivity contribution in [1.82, 2.24) is 9.55 Å². The van der Waals surface area contributed by atoms with E-state index in [1.54, 1.807) is 12.1 Å². The quantitative estimate of drug-likeness (QED) is 0.514. The molecule has 4 rings (SSSR count). The molecule has 0 atom stereocenters. The first-order valence-corrected chi connectivity index (χ1v) is 10.1. The fraction of sp³-hybridized carbons (Fsp3) is 0.211. The molecule has 2 heterocycles. The third kappa shape index (κ3) is 3.34. The Morgan fingerprint density at radius 1 is 1.10 bits per heavy atom. The smallest absolute Gasteiger partial charge is 0.416 e. The summed E-state index contributed by atoms with van der Waals surface area (Å²) in [6, 6.07) is 7.35. The number of hydrogen-bond acceptors (Lipinski definition) is 5. The van der Waals surface area contributed by atoms with Crippen molar-refractivity contribution in [3.8, 4) is 17.2 Å². The lowest BCUT2D eigenvalue weighted by molar-refractivity contribution is -0.137. The summed E-state index contributed by atoms with van der Waals surface area (Å²) in [4.78, 5) is 4.17. The van der Waals surface area contributed by atoms with Gasteiger partial charge in [0.1, 0.15) is 5.82 Å². The molecule has 0 saturated heterocycles. The summed E-state index contributed by atoms with van der Waals surface area (Å²) in [5.74, 6) is 1.38. The Labute approximate surface area is 170 Å². The minimum atomic E-state index is -4.59. The second kappa shape index (κ2) is 6.94. The van der Waals surface area contributed by atoms with Gasteiger partial charge in [0, 0.05) is 18.2 Å². The standard InChI is InChI=1S/C19H16F3N3O4S/c1-28-15-6-11-7-17-23-10-18(25(17)14(11)9-16(15)29-2)30(26,27)24-13-5-3-4-12(8-13)19(20,21)22/h3-6,8-10,24H,7H2,1-2H3. The molecule has 0 unspecified atom stereocenters. The number of hydrogen-bond donors (Lipinski definition) is 1. The molecule has 0 aliphatic carbocycles. The number of methoxy groups -OCH3 is 2. The maximum Gasteiger partial charge on any atom is 0.416 e. The second-order valence-corrected chi connectivity index (χ2v) is 8.17. The minimum absolute atomic E-state index is 0.194. The third-order valence-corrected chi connectivity index (χ3v) is 6.04. The fourth-order valence-electron chi connectivity index (χ4n) is 3.34. The lowest BCUT2D eigenvalue weighted by Gasteiger charge is -2.14. The van der Waals surface area contributed by atoms with Gasteiger partial charge in [0.2, 0.25) is 0 Å². The molecule has 0 bridgehead atoms. The number of imidazole rings is 1. The number of alkyl halides is 3. The highest BCUT2D eigenvalue weighted by Crippen LogP contribution is 2.39. The van der Waals surface area contributed by atoms with Crippen LogP contribution in [-0.2, 0) is 22.6 Å². The first kappa shape index (κ1) is 20.1. The fourth-order valence-corrected chi connectivity index (χ4v) is 4.52. The van der Waals surface area contributed by atoms with E-state index in [1.807, 2.05) is 0 Å². The molecule has 1 aliphatic rings. The molecule has 0 fully saturated rings. The van der Waals surface area contributed by atoms with E-state index in [9.17, 15) is 21.6 Å². The Balaban J connectivity index is 1.75. The Bertz CT molecular complexity index is 1240. The number of ether oxygens (including phenoxy) is 2. The van der Waals surface area contributed by atoms with Gasteiger partial charge >= 0.3 is 6.18 Å². The molecular weight excluding hydrogens is 423 g/mol. The number of fused-ring (bicyclic) bond motifs is 3. The van der Waals surface area contributed by atoms with Gasteiger partial charge in [-0.3, -0.25) is 9.29 Å². The van der Waals surface area contributed by atoms with E-state index in [-0.39, 0.29) is 10.7 Å². The lowest BCUT2D eigenvalue weighted by atomic mass is 10.1. The van der Waals surface area contributed by atoms with Gasteiger partial charge in [-0.05, 0) is 29.8 Å². The number of nitrogens with zero attached hydrogens (tertiary/aromatic N) is 2. The summed E-state index contributed by atoms with van der Waals surface area (Å²) >= 11 is 0. The number of halogens is 3. The zero-order valence-electron chi connectivity index (χ0n) is 15.8. The van der Waals surface area contributed by atoms with Crippen molar-refractivity contribution in [2.24, 2.45) is 0 Å². The van der Waals surface area contributed by atoms with Crippen molar-refractivity contribution in [1.29, 1.82) is 0 Å². The summed E-state index contributed by atoms with van der Waals surface area (Å²) in [5, 5.41) is -0.194. The van der Waals surface area contributed by atoms with Crippen LogP contribution in [0.3, 0.4) is 0 Å². The van der Waals surface area contributed by atoms with Crippen LogP contribution in [0.15, 0.2) is 47.6 Å². The molecule has 1 aromatic heterocycles. The molecular formula is C19H16F3N3O4S. The summed E-state index contributed by atoms with van der Waals surface area (Å²) in [6.07, 6.45) is -3.05. The number of sulfonamides is 1. The molecule has 2 aromatic carbocycles. The molecule has 7 nitrogen and oxygen atoms in total. The number of anilines is 1. The van der Waals surface area contributed by atoms with Crippen LogP contribution < -0.4 is 14.2 Å². The van der Waals surface area contributed by atoms with Gasteiger partial charge in [-0.25, -0.2) is 4.98 Å². The molecule has 0 radical (unpaired) electrons. The average molecular weight is 439 g/mol. The van der Waals surface area contributed by atoms with E-state index in [0.29, 0.717) is 29.4 Å². The molecule has 0 spiro atoms. The summed E-state index contributed by atoms with van der Waals surface area (Å²) in [6.45, 7) is 0. The van der Waals surface area contributed by atoms with Crippen LogP contribution in [0.25, 0.3) is 5.69 Å². The van der Waals surface area contributed by atoms with Gasteiger partial charge in [-0.2, -0.15) is 21.6 Å². The molecule has 1 aliphatic heterocycles. The molecule has 1 N–H and O–H groups in total. The number of aromatic nitrogens is 2. The van der Waals surface area contributed by atoms with Crippen LogP contribution in [0.1, 0.15) is 17.0 Å². The second-order valence-electron chi connectivity index (χ2n) is 6.54. The van der Waals surface area contributed by atoms with Gasteiger partial charge in [0.05, 0.1) is 31.7 Å². The van der Waals surface area contributed by atoms with Gasteiger partial charge < -0.3 is 9.47 Å². The van der Waals surface area contributed by atoms with Crippen LogP contribution in [0.4, 0.5) is 18.9 Å². The third-order valence-electron chi connectivity index (χ3n) is 4.69. The molecule has 158 valence electrons. The molecule has 11 heteroatoms. The predicted octanol–water partition coefficient (Wildman–Crippen LogP) is 3.61. The Morgan fingerprint density at radius 2 is 1.80 bits per heavy atom. The molecule has 0 amide bonds. The van der Waals surface area contributed by atoms with Crippen LogP contribution in [0.2, 0.25) is 0 Å². The van der Waals surface area contributed by atoms with Crippen molar-refractivity contribution < 1.29 is 31.1 Å². The Kier molecular flexibility index (Phi) is 4.64. The zero-order chi connectivity index (χ0) is 21.7. The highest BCUT2D eigenvalue weighted by molar-refractivity contribution is 7.92. The van der Waals surface area contributed by atoms with Crippen molar-refractivity contribution in [3.63, 3.8) is 0 Å². The highest BCUT2D eigenvalue weighted by atomic mass is 32.2. The van der Waals surface area contributed by atoms with Crippen molar-refractivity contribution in [3.05, 3.63) is 59.5 Å². The van der Waals surface area contributed by atoms with Gasteiger partial charge in [0.25, 0.3) is 10.0 Å². The van der Waals surface area contributed by atoms with Gasteiger partial charge in [0.15, 0.2) is 16.5 Å². The summed E-state index contributed by atoms with van der Waals surface area (Å²) in [7, 11) is -1.27. The normalized spacial score (nSPS) is 13.0. The largest absolute Gasteiger partial charge is 0.493 e. The maximum atomic E-state index is 13.0. The summed E-state index contributed by atoms with van der Waals surface area (Å²) in [5.41, 5.74) is 0.171. The first-order chi connectivity index (χ1) is 14.1. The Morgan fingerprint density at radius 3 is 2.47 bits per heavy atom. The van der Waals surface area contributed by atoms with Gasteiger partial charge in [-0.15, -0.1) is 0 Å². The van der Waals surface area contributed by atoms with Crippen molar-refractivity contribution in [2.75, 3.05) is 18.9 Å².